The first-order valence-corrected chi connectivity index (χ1v) is 4.85. The highest BCUT2D eigenvalue weighted by atomic mass is 16.5. The van der Waals surface area contributed by atoms with Crippen LogP contribution in [0.15, 0.2) is 4.52 Å². The first kappa shape index (κ1) is 10.6. The number of hydrogen-bond donors (Lipinski definition) is 2. The van der Waals surface area contributed by atoms with Crippen LogP contribution in [0, 0.1) is 0 Å². The topological polar surface area (TPSA) is 105 Å². The first-order chi connectivity index (χ1) is 7.54. The van der Waals surface area contributed by atoms with Crippen LogP contribution in [0.5, 0.6) is 0 Å². The zero-order valence-electron chi connectivity index (χ0n) is 8.69. The van der Waals surface area contributed by atoms with Crippen LogP contribution in [0.2, 0.25) is 0 Å². The predicted molar refractivity (Wildman–Crippen MR) is 50.4 cm³/mol. The number of nitrogens with one attached hydrogen (secondary N) is 1. The lowest BCUT2D eigenvalue weighted by atomic mass is 10.1. The molecule has 1 heterocycles. The van der Waals surface area contributed by atoms with E-state index >= 15 is 0 Å². The quantitative estimate of drug-likeness (QED) is 0.736. The van der Waals surface area contributed by atoms with Crippen molar-refractivity contribution in [2.75, 3.05) is 0 Å². The Bertz CT molecular complexity index is 436. The molecule has 7 nitrogen and oxygen atoms in total. The van der Waals surface area contributed by atoms with Crippen molar-refractivity contribution in [2.45, 2.75) is 31.7 Å². The molecule has 0 unspecified atom stereocenters. The molecular weight excluding hydrogens is 214 g/mol. The van der Waals surface area contributed by atoms with E-state index in [1.165, 1.54) is 6.92 Å². The molecule has 1 aromatic rings. The number of rotatable bonds is 4. The lowest BCUT2D eigenvalue weighted by Gasteiger charge is -2.01. The Labute approximate surface area is 90.8 Å². The zero-order chi connectivity index (χ0) is 11.8. The molecule has 1 saturated carbocycles. The van der Waals surface area contributed by atoms with Gasteiger partial charge in [0.05, 0.1) is 6.54 Å². The Morgan fingerprint density at radius 1 is 1.56 bits per heavy atom. The Morgan fingerprint density at radius 3 is 2.75 bits per heavy atom. The van der Waals surface area contributed by atoms with Gasteiger partial charge in [0.1, 0.15) is 5.41 Å². The third-order valence-corrected chi connectivity index (χ3v) is 2.54. The molecule has 0 aromatic carbocycles. The minimum absolute atomic E-state index is 0.123. The van der Waals surface area contributed by atoms with E-state index in [1.807, 2.05) is 0 Å². The van der Waals surface area contributed by atoms with E-state index in [-0.39, 0.29) is 24.2 Å². The predicted octanol–water partition coefficient (Wildman–Crippen LogP) is -0.178. The summed E-state index contributed by atoms with van der Waals surface area (Å²) >= 11 is 0. The van der Waals surface area contributed by atoms with Crippen molar-refractivity contribution in [3.63, 3.8) is 0 Å². The Morgan fingerprint density at radius 2 is 2.25 bits per heavy atom. The maximum atomic E-state index is 11.0. The maximum Gasteiger partial charge on any atom is 0.317 e. The molecule has 0 bridgehead atoms. The Hall–Kier alpha value is -1.92. The monoisotopic (exact) mass is 225 g/mol. The second kappa shape index (κ2) is 3.58. The summed E-state index contributed by atoms with van der Waals surface area (Å²) in [5.74, 6) is -0.725. The average Bonchev–Trinajstić information content (AvgIpc) is 2.90. The van der Waals surface area contributed by atoms with Crippen LogP contribution in [0.25, 0.3) is 0 Å². The van der Waals surface area contributed by atoms with Crippen LogP contribution in [0.4, 0.5) is 0 Å². The van der Waals surface area contributed by atoms with Crippen molar-refractivity contribution in [3.05, 3.63) is 11.7 Å². The van der Waals surface area contributed by atoms with Gasteiger partial charge in [0.15, 0.2) is 5.82 Å². The molecule has 1 aromatic heterocycles. The van der Waals surface area contributed by atoms with E-state index in [2.05, 4.69) is 15.5 Å². The lowest BCUT2D eigenvalue weighted by molar-refractivity contribution is -0.140. The van der Waals surface area contributed by atoms with Gasteiger partial charge >= 0.3 is 5.97 Å². The van der Waals surface area contributed by atoms with Gasteiger partial charge in [-0.1, -0.05) is 5.16 Å². The number of hydrogen-bond acceptors (Lipinski definition) is 5. The van der Waals surface area contributed by atoms with E-state index in [0.717, 1.165) is 0 Å². The standard InChI is InChI=1S/C9H11N3O4/c1-5(13)10-4-6-11-7(12-16-6)9(2-3-9)8(14)15/h2-4H2,1H3,(H,10,13)(H,14,15). The van der Waals surface area contributed by atoms with Crippen molar-refractivity contribution >= 4 is 11.9 Å². The summed E-state index contributed by atoms with van der Waals surface area (Å²) in [5.41, 5.74) is -0.960. The minimum Gasteiger partial charge on any atom is -0.480 e. The number of amides is 1. The molecule has 1 amide bonds. The molecule has 1 aliphatic carbocycles. The van der Waals surface area contributed by atoms with E-state index < -0.39 is 11.4 Å². The van der Waals surface area contributed by atoms with Crippen molar-refractivity contribution < 1.29 is 19.2 Å². The number of carboxylic acid groups (broad SMARTS) is 1. The number of aromatic nitrogens is 2. The molecule has 16 heavy (non-hydrogen) atoms. The maximum absolute atomic E-state index is 11.0. The molecular formula is C9H11N3O4. The van der Waals surface area contributed by atoms with E-state index in [9.17, 15) is 9.59 Å². The summed E-state index contributed by atoms with van der Waals surface area (Å²) in [6, 6.07) is 0. The van der Waals surface area contributed by atoms with Crippen LogP contribution in [-0.2, 0) is 21.5 Å². The van der Waals surface area contributed by atoms with Gasteiger partial charge < -0.3 is 14.9 Å². The summed E-state index contributed by atoms with van der Waals surface area (Å²) in [7, 11) is 0. The van der Waals surface area contributed by atoms with Gasteiger partial charge in [-0.2, -0.15) is 4.98 Å². The van der Waals surface area contributed by atoms with Gasteiger partial charge in [0.25, 0.3) is 0 Å². The van der Waals surface area contributed by atoms with Gasteiger partial charge in [-0.15, -0.1) is 0 Å². The Balaban J connectivity index is 2.08. The third-order valence-electron chi connectivity index (χ3n) is 2.54. The molecule has 7 heteroatoms. The molecule has 0 radical (unpaired) electrons. The van der Waals surface area contributed by atoms with Crippen LogP contribution in [0.3, 0.4) is 0 Å². The second-order valence-electron chi connectivity index (χ2n) is 3.81. The van der Waals surface area contributed by atoms with Crippen molar-refractivity contribution in [1.29, 1.82) is 0 Å². The molecule has 0 spiro atoms. The molecule has 0 saturated heterocycles. The molecule has 0 aliphatic heterocycles. The summed E-state index contributed by atoms with van der Waals surface area (Å²) in [6.07, 6.45) is 1.06. The molecule has 1 fully saturated rings. The smallest absolute Gasteiger partial charge is 0.317 e. The minimum atomic E-state index is -0.960. The average molecular weight is 225 g/mol. The Kier molecular flexibility index (Phi) is 2.37. The van der Waals surface area contributed by atoms with Gasteiger partial charge in [-0.3, -0.25) is 9.59 Å². The van der Waals surface area contributed by atoms with Crippen LogP contribution < -0.4 is 5.32 Å². The normalized spacial score (nSPS) is 16.8. The van der Waals surface area contributed by atoms with Crippen molar-refractivity contribution in [3.8, 4) is 0 Å². The highest BCUT2D eigenvalue weighted by Gasteiger charge is 2.55. The van der Waals surface area contributed by atoms with Gasteiger partial charge in [-0.25, -0.2) is 0 Å². The van der Waals surface area contributed by atoms with E-state index in [4.69, 9.17) is 9.63 Å². The largest absolute Gasteiger partial charge is 0.480 e. The number of nitrogens with zero attached hydrogens (tertiary/aromatic N) is 2. The van der Waals surface area contributed by atoms with Crippen molar-refractivity contribution in [1.82, 2.24) is 15.5 Å². The van der Waals surface area contributed by atoms with Gasteiger partial charge in [-0.05, 0) is 12.8 Å². The molecule has 2 N–H and O–H groups in total. The van der Waals surface area contributed by atoms with Gasteiger partial charge in [0, 0.05) is 6.92 Å². The molecule has 2 rings (SSSR count). The fourth-order valence-corrected chi connectivity index (χ4v) is 1.38. The highest BCUT2D eigenvalue weighted by molar-refractivity contribution is 5.83. The molecule has 1 aliphatic rings. The van der Waals surface area contributed by atoms with Gasteiger partial charge in [0.2, 0.25) is 11.8 Å². The van der Waals surface area contributed by atoms with E-state index in [1.54, 1.807) is 0 Å². The lowest BCUT2D eigenvalue weighted by Crippen LogP contribution is -2.22. The van der Waals surface area contributed by atoms with Crippen LogP contribution in [-0.4, -0.2) is 27.1 Å². The van der Waals surface area contributed by atoms with Crippen LogP contribution in [0.1, 0.15) is 31.5 Å². The number of carbonyl (C=O) groups is 2. The number of carbonyl (C=O) groups excluding carboxylic acids is 1. The molecule has 0 atom stereocenters. The summed E-state index contributed by atoms with van der Waals surface area (Å²) in [6.45, 7) is 1.49. The molecule has 86 valence electrons. The fraction of sp³-hybridized carbons (Fsp3) is 0.556. The summed E-state index contributed by atoms with van der Waals surface area (Å²) in [4.78, 5) is 25.6. The number of aliphatic carboxylic acids is 1. The fourth-order valence-electron chi connectivity index (χ4n) is 1.38. The second-order valence-corrected chi connectivity index (χ2v) is 3.81. The van der Waals surface area contributed by atoms with E-state index in [0.29, 0.717) is 12.8 Å². The summed E-state index contributed by atoms with van der Waals surface area (Å²) < 4.78 is 4.85. The first-order valence-electron chi connectivity index (χ1n) is 4.85. The zero-order valence-corrected chi connectivity index (χ0v) is 8.69. The van der Waals surface area contributed by atoms with Crippen LogP contribution >= 0.6 is 0 Å². The summed E-state index contributed by atoms with van der Waals surface area (Å²) in [5, 5.41) is 15.1. The number of carboxylic acids is 1. The van der Waals surface area contributed by atoms with Crippen molar-refractivity contribution in [2.24, 2.45) is 0 Å². The third kappa shape index (κ3) is 1.75. The SMILES string of the molecule is CC(=O)NCc1nc(C2(C(=O)O)CC2)no1. The highest BCUT2D eigenvalue weighted by Crippen LogP contribution is 2.46.